The SMILES string of the molecule is CCCCCCCCCCCC(C(CCCCCCCCC)C(C)(C)C(N)=O)C(C)(C)C(N)=O. The van der Waals surface area contributed by atoms with Crippen molar-refractivity contribution in [3.05, 3.63) is 0 Å². The first-order valence-electron chi connectivity index (χ1n) is 14.6. The van der Waals surface area contributed by atoms with Gasteiger partial charge in [0.05, 0.1) is 0 Å². The molecular weight excluding hydrogens is 420 g/mol. The van der Waals surface area contributed by atoms with Crippen LogP contribution in [-0.4, -0.2) is 11.8 Å². The van der Waals surface area contributed by atoms with Crippen molar-refractivity contribution in [2.75, 3.05) is 0 Å². The Hall–Kier alpha value is -1.06. The predicted octanol–water partition coefficient (Wildman–Crippen LogP) is 8.30. The summed E-state index contributed by atoms with van der Waals surface area (Å²) >= 11 is 0. The van der Waals surface area contributed by atoms with Gasteiger partial charge in [-0.3, -0.25) is 9.59 Å². The Morgan fingerprint density at radius 2 is 0.735 bits per heavy atom. The Morgan fingerprint density at radius 1 is 0.500 bits per heavy atom. The van der Waals surface area contributed by atoms with Crippen molar-refractivity contribution in [1.29, 1.82) is 0 Å². The van der Waals surface area contributed by atoms with Gasteiger partial charge in [0, 0.05) is 10.8 Å². The molecule has 0 aliphatic heterocycles. The summed E-state index contributed by atoms with van der Waals surface area (Å²) in [6.07, 6.45) is 22.0. The van der Waals surface area contributed by atoms with E-state index in [0.29, 0.717) is 0 Å². The van der Waals surface area contributed by atoms with Crippen LogP contribution in [-0.2, 0) is 9.59 Å². The van der Waals surface area contributed by atoms with Crippen LogP contribution in [0, 0.1) is 22.7 Å². The Kier molecular flexibility index (Phi) is 17.7. The molecule has 0 bridgehead atoms. The number of primary amides is 2. The molecule has 2 unspecified atom stereocenters. The number of carbonyl (C=O) groups excluding carboxylic acids is 2. The maximum absolute atomic E-state index is 12.5. The summed E-state index contributed by atoms with van der Waals surface area (Å²) in [6.45, 7) is 12.4. The van der Waals surface area contributed by atoms with E-state index < -0.39 is 10.8 Å². The second kappa shape index (κ2) is 18.2. The fourth-order valence-corrected chi connectivity index (χ4v) is 5.49. The standard InChI is InChI=1S/C30H60N2O2/c1-7-9-11-13-15-16-18-20-22-24-26(30(5,6)28(32)34)25(29(3,4)27(31)33)23-21-19-17-14-12-10-8-2/h25-26H,7-24H2,1-6H3,(H2,31,33)(H2,32,34). The van der Waals surface area contributed by atoms with Crippen molar-refractivity contribution in [2.45, 2.75) is 157 Å². The van der Waals surface area contributed by atoms with Crippen LogP contribution in [0.1, 0.15) is 157 Å². The fraction of sp³-hybridized carbons (Fsp3) is 0.933. The van der Waals surface area contributed by atoms with E-state index in [9.17, 15) is 9.59 Å². The molecular formula is C30H60N2O2. The van der Waals surface area contributed by atoms with Crippen molar-refractivity contribution in [1.82, 2.24) is 0 Å². The zero-order valence-corrected chi connectivity index (χ0v) is 23.9. The van der Waals surface area contributed by atoms with Gasteiger partial charge in [-0.2, -0.15) is 0 Å². The molecule has 4 N–H and O–H groups in total. The largest absolute Gasteiger partial charge is 0.369 e. The summed E-state index contributed by atoms with van der Waals surface area (Å²) < 4.78 is 0. The van der Waals surface area contributed by atoms with Gasteiger partial charge in [-0.05, 0) is 24.7 Å². The lowest BCUT2D eigenvalue weighted by Crippen LogP contribution is -2.49. The van der Waals surface area contributed by atoms with Gasteiger partial charge in [0.25, 0.3) is 0 Å². The minimum absolute atomic E-state index is 0.0668. The van der Waals surface area contributed by atoms with E-state index in [1.165, 1.54) is 89.9 Å². The Bertz CT molecular complexity index is 542. The predicted molar refractivity (Wildman–Crippen MR) is 147 cm³/mol. The molecule has 0 aliphatic rings. The maximum atomic E-state index is 12.5. The van der Waals surface area contributed by atoms with E-state index in [4.69, 9.17) is 11.5 Å². The zero-order valence-electron chi connectivity index (χ0n) is 23.9. The number of hydrogen-bond acceptors (Lipinski definition) is 2. The first-order chi connectivity index (χ1) is 16.0. The molecule has 4 nitrogen and oxygen atoms in total. The van der Waals surface area contributed by atoms with Crippen LogP contribution in [0.15, 0.2) is 0 Å². The molecule has 0 aromatic carbocycles. The molecule has 0 spiro atoms. The highest BCUT2D eigenvalue weighted by Crippen LogP contribution is 2.47. The monoisotopic (exact) mass is 480 g/mol. The molecule has 0 rings (SSSR count). The van der Waals surface area contributed by atoms with Gasteiger partial charge < -0.3 is 11.5 Å². The number of rotatable bonds is 23. The van der Waals surface area contributed by atoms with Crippen molar-refractivity contribution in [3.8, 4) is 0 Å². The molecule has 0 aliphatic carbocycles. The quantitative estimate of drug-likeness (QED) is 0.144. The summed E-state index contributed by atoms with van der Waals surface area (Å²) in [7, 11) is 0. The Labute approximate surface area is 212 Å². The van der Waals surface area contributed by atoms with Crippen LogP contribution in [0.5, 0.6) is 0 Å². The average molecular weight is 481 g/mol. The minimum Gasteiger partial charge on any atom is -0.369 e. The van der Waals surface area contributed by atoms with Gasteiger partial charge in [-0.25, -0.2) is 0 Å². The van der Waals surface area contributed by atoms with Crippen molar-refractivity contribution in [2.24, 2.45) is 34.1 Å². The van der Waals surface area contributed by atoms with Crippen LogP contribution < -0.4 is 11.5 Å². The molecule has 0 saturated carbocycles. The average Bonchev–Trinajstić information content (AvgIpc) is 2.77. The van der Waals surface area contributed by atoms with Crippen molar-refractivity contribution in [3.63, 3.8) is 0 Å². The third-order valence-corrected chi connectivity index (χ3v) is 8.35. The normalized spacial score (nSPS) is 14.2. The van der Waals surface area contributed by atoms with E-state index in [0.717, 1.165) is 25.7 Å². The molecule has 0 heterocycles. The summed E-state index contributed by atoms with van der Waals surface area (Å²) in [5.74, 6) is -0.398. The molecule has 2 amide bonds. The van der Waals surface area contributed by atoms with Crippen molar-refractivity contribution >= 4 is 11.8 Å². The highest BCUT2D eigenvalue weighted by Gasteiger charge is 2.47. The van der Waals surface area contributed by atoms with Crippen LogP contribution in [0.4, 0.5) is 0 Å². The fourth-order valence-electron chi connectivity index (χ4n) is 5.49. The third kappa shape index (κ3) is 12.6. The van der Waals surface area contributed by atoms with Crippen LogP contribution in [0.2, 0.25) is 0 Å². The van der Waals surface area contributed by atoms with E-state index >= 15 is 0 Å². The second-order valence-corrected chi connectivity index (χ2v) is 11.9. The van der Waals surface area contributed by atoms with Gasteiger partial charge >= 0.3 is 0 Å². The zero-order chi connectivity index (χ0) is 26.0. The third-order valence-electron chi connectivity index (χ3n) is 8.35. The van der Waals surface area contributed by atoms with Gasteiger partial charge in [0.15, 0.2) is 0 Å². The van der Waals surface area contributed by atoms with E-state index in [2.05, 4.69) is 13.8 Å². The van der Waals surface area contributed by atoms with Crippen LogP contribution >= 0.6 is 0 Å². The lowest BCUT2D eigenvalue weighted by molar-refractivity contribution is -0.138. The second-order valence-electron chi connectivity index (χ2n) is 11.9. The maximum Gasteiger partial charge on any atom is 0.223 e. The summed E-state index contributed by atoms with van der Waals surface area (Å²) in [4.78, 5) is 25.0. The van der Waals surface area contributed by atoms with Crippen molar-refractivity contribution < 1.29 is 9.59 Å². The first kappa shape index (κ1) is 32.9. The smallest absolute Gasteiger partial charge is 0.223 e. The molecule has 4 heteroatoms. The molecule has 0 aromatic heterocycles. The molecule has 0 saturated heterocycles. The lowest BCUT2D eigenvalue weighted by Gasteiger charge is -2.44. The van der Waals surface area contributed by atoms with E-state index in [-0.39, 0.29) is 23.7 Å². The number of carbonyl (C=O) groups is 2. The van der Waals surface area contributed by atoms with E-state index in [1.807, 2.05) is 27.7 Å². The Morgan fingerprint density at radius 3 is 0.971 bits per heavy atom. The van der Waals surface area contributed by atoms with Crippen LogP contribution in [0.3, 0.4) is 0 Å². The molecule has 0 aromatic rings. The molecule has 202 valence electrons. The summed E-state index contributed by atoms with van der Waals surface area (Å²) in [5, 5.41) is 0. The lowest BCUT2D eigenvalue weighted by atomic mass is 9.59. The minimum atomic E-state index is -0.654. The highest BCUT2D eigenvalue weighted by atomic mass is 16.1. The summed E-state index contributed by atoms with van der Waals surface area (Å²) in [5.41, 5.74) is 10.5. The van der Waals surface area contributed by atoms with Gasteiger partial charge in [0.1, 0.15) is 0 Å². The molecule has 34 heavy (non-hydrogen) atoms. The summed E-state index contributed by atoms with van der Waals surface area (Å²) in [6, 6.07) is 0. The number of nitrogens with two attached hydrogens (primary N) is 2. The molecule has 2 atom stereocenters. The molecule has 0 fully saturated rings. The number of amides is 2. The Balaban J connectivity index is 5.10. The van der Waals surface area contributed by atoms with Crippen LogP contribution in [0.25, 0.3) is 0 Å². The first-order valence-corrected chi connectivity index (χ1v) is 14.6. The topological polar surface area (TPSA) is 86.2 Å². The van der Waals surface area contributed by atoms with E-state index in [1.54, 1.807) is 0 Å². The van der Waals surface area contributed by atoms with Gasteiger partial charge in [-0.1, -0.05) is 144 Å². The highest BCUT2D eigenvalue weighted by molar-refractivity contribution is 5.82. The van der Waals surface area contributed by atoms with Gasteiger partial charge in [-0.15, -0.1) is 0 Å². The number of hydrogen-bond donors (Lipinski definition) is 2. The molecule has 0 radical (unpaired) electrons. The van der Waals surface area contributed by atoms with Gasteiger partial charge in [0.2, 0.25) is 11.8 Å². The number of unbranched alkanes of at least 4 members (excludes halogenated alkanes) is 14.